The van der Waals surface area contributed by atoms with Gasteiger partial charge in [-0.3, -0.25) is 9.36 Å². The van der Waals surface area contributed by atoms with Crippen LogP contribution in [0.25, 0.3) is 16.8 Å². The summed E-state index contributed by atoms with van der Waals surface area (Å²) in [5.74, 6) is 0.213. The van der Waals surface area contributed by atoms with Crippen LogP contribution in [0.4, 0.5) is 0 Å². The zero-order valence-corrected chi connectivity index (χ0v) is 21.3. The fourth-order valence-electron chi connectivity index (χ4n) is 4.48. The second-order valence-corrected chi connectivity index (χ2v) is 9.89. The normalized spacial score (nSPS) is 15.7. The maximum atomic E-state index is 13.8. The van der Waals surface area contributed by atoms with Crippen molar-refractivity contribution in [2.24, 2.45) is 4.99 Å². The van der Waals surface area contributed by atoms with Gasteiger partial charge in [0.1, 0.15) is 5.75 Å². The summed E-state index contributed by atoms with van der Waals surface area (Å²) >= 11 is 1.32. The van der Waals surface area contributed by atoms with E-state index in [1.807, 2.05) is 72.8 Å². The first-order chi connectivity index (χ1) is 17.4. The number of esters is 1. The van der Waals surface area contributed by atoms with E-state index in [0.717, 1.165) is 21.9 Å². The van der Waals surface area contributed by atoms with Crippen molar-refractivity contribution in [2.75, 3.05) is 7.11 Å². The van der Waals surface area contributed by atoms with E-state index in [-0.39, 0.29) is 11.7 Å². The lowest BCUT2D eigenvalue weighted by atomic mass is 9.96. The molecule has 6 nitrogen and oxygen atoms in total. The van der Waals surface area contributed by atoms with Crippen LogP contribution in [-0.2, 0) is 9.53 Å². The standard InChI is InChI=1S/C29H26N2O4S/c1-17(2)35-28(33)25-18(3)30-29-31(26(25)20-12-14-22(34-4)15-13-20)27(32)24(36-29)16-21-10-7-9-19-8-5-6-11-23(19)21/h5-17,26H,1-4H3/b24-16-/t26-/m1/s1. The summed E-state index contributed by atoms with van der Waals surface area (Å²) in [6, 6.07) is 20.8. The minimum absolute atomic E-state index is 0.199. The number of aromatic nitrogens is 1. The molecule has 5 rings (SSSR count). The molecule has 7 heteroatoms. The van der Waals surface area contributed by atoms with Crippen LogP contribution in [0.5, 0.6) is 5.75 Å². The van der Waals surface area contributed by atoms with Gasteiger partial charge in [-0.25, -0.2) is 9.79 Å². The Labute approximate surface area is 212 Å². The Hall–Kier alpha value is -3.97. The number of allylic oxidation sites excluding steroid dienone is 1. The predicted molar refractivity (Wildman–Crippen MR) is 142 cm³/mol. The van der Waals surface area contributed by atoms with Gasteiger partial charge >= 0.3 is 5.97 Å². The molecule has 0 saturated carbocycles. The molecule has 4 aromatic rings. The van der Waals surface area contributed by atoms with Crippen LogP contribution in [0.1, 0.15) is 37.9 Å². The van der Waals surface area contributed by atoms with E-state index in [2.05, 4.69) is 4.99 Å². The summed E-state index contributed by atoms with van der Waals surface area (Å²) in [5, 5.41) is 2.17. The second-order valence-electron chi connectivity index (χ2n) is 8.88. The number of rotatable bonds is 5. The molecular formula is C29H26N2O4S. The first kappa shape index (κ1) is 23.8. The number of fused-ring (bicyclic) bond motifs is 2. The van der Waals surface area contributed by atoms with E-state index in [0.29, 0.717) is 26.4 Å². The summed E-state index contributed by atoms with van der Waals surface area (Å²) < 4.78 is 13.0. The first-order valence-corrected chi connectivity index (χ1v) is 12.5. The van der Waals surface area contributed by atoms with Gasteiger partial charge in [0.2, 0.25) is 0 Å². The molecule has 0 saturated heterocycles. The highest BCUT2D eigenvalue weighted by molar-refractivity contribution is 7.07. The highest BCUT2D eigenvalue weighted by Crippen LogP contribution is 2.32. The summed E-state index contributed by atoms with van der Waals surface area (Å²) in [6.07, 6.45) is 1.60. The smallest absolute Gasteiger partial charge is 0.338 e. The molecule has 1 aliphatic rings. The minimum Gasteiger partial charge on any atom is -0.497 e. The molecule has 0 fully saturated rings. The maximum absolute atomic E-state index is 13.8. The van der Waals surface area contributed by atoms with Crippen molar-refractivity contribution in [3.05, 3.63) is 109 Å². The average molecular weight is 499 g/mol. The van der Waals surface area contributed by atoms with Gasteiger partial charge in [0, 0.05) is 0 Å². The number of hydrogen-bond donors (Lipinski definition) is 0. The van der Waals surface area contributed by atoms with E-state index in [1.165, 1.54) is 11.3 Å². The molecule has 36 heavy (non-hydrogen) atoms. The molecule has 2 heterocycles. The third kappa shape index (κ3) is 4.27. The number of nitrogens with zero attached hydrogens (tertiary/aromatic N) is 2. The van der Waals surface area contributed by atoms with Crippen LogP contribution in [0.3, 0.4) is 0 Å². The van der Waals surface area contributed by atoms with Crippen molar-refractivity contribution in [1.29, 1.82) is 0 Å². The lowest BCUT2D eigenvalue weighted by Gasteiger charge is -2.25. The van der Waals surface area contributed by atoms with E-state index < -0.39 is 12.0 Å². The van der Waals surface area contributed by atoms with Crippen molar-refractivity contribution in [2.45, 2.75) is 32.9 Å². The molecule has 1 atom stereocenters. The number of ether oxygens (including phenoxy) is 2. The van der Waals surface area contributed by atoms with Gasteiger partial charge < -0.3 is 9.47 Å². The lowest BCUT2D eigenvalue weighted by Crippen LogP contribution is -2.40. The third-order valence-corrected chi connectivity index (χ3v) is 7.11. The van der Waals surface area contributed by atoms with E-state index >= 15 is 0 Å². The number of carbonyl (C=O) groups excluding carboxylic acids is 1. The molecule has 3 aromatic carbocycles. The van der Waals surface area contributed by atoms with Crippen molar-refractivity contribution in [3.8, 4) is 5.75 Å². The molecule has 0 bridgehead atoms. The number of methoxy groups -OCH3 is 1. The van der Waals surface area contributed by atoms with E-state index in [9.17, 15) is 9.59 Å². The predicted octanol–water partition coefficient (Wildman–Crippen LogP) is 4.35. The molecule has 0 N–H and O–H groups in total. The van der Waals surface area contributed by atoms with Crippen LogP contribution in [0.2, 0.25) is 0 Å². The zero-order chi connectivity index (χ0) is 25.4. The Morgan fingerprint density at radius 2 is 1.78 bits per heavy atom. The fraction of sp³-hybridized carbons (Fsp3) is 0.207. The van der Waals surface area contributed by atoms with E-state index in [4.69, 9.17) is 9.47 Å². The number of benzene rings is 3. The molecule has 1 aliphatic heterocycles. The van der Waals surface area contributed by atoms with Gasteiger partial charge in [0.15, 0.2) is 4.80 Å². The van der Waals surface area contributed by atoms with Crippen LogP contribution >= 0.6 is 11.3 Å². The summed E-state index contributed by atoms with van der Waals surface area (Å²) in [6.45, 7) is 5.39. The van der Waals surface area contributed by atoms with Gasteiger partial charge in [0.05, 0.1) is 35.1 Å². The van der Waals surface area contributed by atoms with Crippen molar-refractivity contribution in [3.63, 3.8) is 0 Å². The molecule has 1 aromatic heterocycles. The lowest BCUT2D eigenvalue weighted by molar-refractivity contribution is -0.143. The van der Waals surface area contributed by atoms with Crippen LogP contribution in [0.15, 0.2) is 87.8 Å². The monoisotopic (exact) mass is 498 g/mol. The maximum Gasteiger partial charge on any atom is 0.338 e. The summed E-state index contributed by atoms with van der Waals surface area (Å²) in [4.78, 5) is 32.3. The minimum atomic E-state index is -0.659. The van der Waals surface area contributed by atoms with Crippen molar-refractivity contribution < 1.29 is 14.3 Å². The Bertz CT molecular complexity index is 1670. The van der Waals surface area contributed by atoms with Crippen molar-refractivity contribution >= 4 is 34.2 Å². The zero-order valence-electron chi connectivity index (χ0n) is 20.5. The molecular weight excluding hydrogens is 472 g/mol. The molecule has 0 amide bonds. The SMILES string of the molecule is COc1ccc([C@@H]2C(C(=O)OC(C)C)=C(C)N=c3s/c(=C\c4cccc5ccccc45)c(=O)n32)cc1. The number of thiazole rings is 1. The number of carbonyl (C=O) groups is 1. The van der Waals surface area contributed by atoms with E-state index in [1.54, 1.807) is 32.4 Å². The van der Waals surface area contributed by atoms with Crippen LogP contribution in [0, 0.1) is 0 Å². The van der Waals surface area contributed by atoms with Gasteiger partial charge in [-0.2, -0.15) is 0 Å². The second kappa shape index (κ2) is 9.59. The van der Waals surface area contributed by atoms with Crippen LogP contribution < -0.4 is 19.6 Å². The van der Waals surface area contributed by atoms with Gasteiger partial charge in [0.25, 0.3) is 5.56 Å². The average Bonchev–Trinajstić information content (AvgIpc) is 3.17. The van der Waals surface area contributed by atoms with Crippen molar-refractivity contribution in [1.82, 2.24) is 4.57 Å². The number of hydrogen-bond acceptors (Lipinski definition) is 6. The topological polar surface area (TPSA) is 69.9 Å². The van der Waals surface area contributed by atoms with Crippen LogP contribution in [-0.4, -0.2) is 23.8 Å². The largest absolute Gasteiger partial charge is 0.497 e. The quantitative estimate of drug-likeness (QED) is 0.384. The molecule has 0 unspecified atom stereocenters. The summed E-state index contributed by atoms with van der Waals surface area (Å²) in [5.41, 5.74) is 2.43. The molecule has 0 aliphatic carbocycles. The Morgan fingerprint density at radius 3 is 2.50 bits per heavy atom. The van der Waals surface area contributed by atoms with Gasteiger partial charge in [-0.15, -0.1) is 0 Å². The fourth-order valence-corrected chi connectivity index (χ4v) is 5.52. The Morgan fingerprint density at radius 1 is 1.06 bits per heavy atom. The third-order valence-electron chi connectivity index (χ3n) is 6.13. The highest BCUT2D eigenvalue weighted by atomic mass is 32.1. The molecule has 0 spiro atoms. The Balaban J connectivity index is 1.73. The van der Waals surface area contributed by atoms with Gasteiger partial charge in [-0.05, 0) is 60.9 Å². The summed E-state index contributed by atoms with van der Waals surface area (Å²) in [7, 11) is 1.60. The molecule has 182 valence electrons. The Kier molecular flexibility index (Phi) is 6.33. The first-order valence-electron chi connectivity index (χ1n) is 11.7. The van der Waals surface area contributed by atoms with Gasteiger partial charge in [-0.1, -0.05) is 65.9 Å². The highest BCUT2D eigenvalue weighted by Gasteiger charge is 2.33. The molecule has 0 radical (unpaired) electrons.